The molecule has 0 aliphatic carbocycles. The fraction of sp³-hybridized carbons (Fsp3) is 0.0370. The maximum absolute atomic E-state index is 6.22. The van der Waals surface area contributed by atoms with E-state index < -0.39 is 5.50 Å². The molecule has 7 rings (SSSR count). The van der Waals surface area contributed by atoms with E-state index in [1.54, 1.807) is 0 Å². The van der Waals surface area contributed by atoms with Crippen LogP contribution in [-0.4, -0.2) is 17.2 Å². The topological polar surface area (TPSA) is 63.0 Å². The van der Waals surface area contributed by atoms with E-state index in [0.29, 0.717) is 11.7 Å². The number of hydrogen-bond donors (Lipinski definition) is 2. The van der Waals surface area contributed by atoms with Gasteiger partial charge in [0.15, 0.2) is 11.3 Å². The second-order valence-electron chi connectivity index (χ2n) is 7.99. The molecule has 0 saturated carbocycles. The van der Waals surface area contributed by atoms with Gasteiger partial charge in [-0.15, -0.1) is 12.6 Å². The number of aliphatic imine (C=N–C) groups is 2. The van der Waals surface area contributed by atoms with Gasteiger partial charge >= 0.3 is 0 Å². The zero-order valence-corrected chi connectivity index (χ0v) is 18.2. The highest BCUT2D eigenvalue weighted by Gasteiger charge is 2.23. The summed E-state index contributed by atoms with van der Waals surface area (Å²) in [7, 11) is 0. The lowest BCUT2D eigenvalue weighted by molar-refractivity contribution is 0.667. The van der Waals surface area contributed by atoms with Crippen molar-refractivity contribution in [3.05, 3.63) is 96.1 Å². The Kier molecular flexibility index (Phi) is 3.92. The van der Waals surface area contributed by atoms with Gasteiger partial charge in [-0.2, -0.15) is 0 Å². The van der Waals surface area contributed by atoms with E-state index in [4.69, 9.17) is 13.8 Å². The van der Waals surface area contributed by atoms with E-state index in [1.807, 2.05) is 60.7 Å². The molecule has 33 heavy (non-hydrogen) atoms. The van der Waals surface area contributed by atoms with Gasteiger partial charge in [0.05, 0.1) is 11.1 Å². The molecule has 2 aromatic heterocycles. The molecular weight excluding hydrogens is 430 g/mol. The number of furan rings is 2. The molecule has 1 atom stereocenters. The summed E-state index contributed by atoms with van der Waals surface area (Å²) in [4.78, 5) is 9.56. The number of para-hydroxylation sites is 4. The van der Waals surface area contributed by atoms with Crippen LogP contribution in [0.1, 0.15) is 11.1 Å². The lowest BCUT2D eigenvalue weighted by Crippen LogP contribution is -2.35. The molecule has 1 aliphatic heterocycles. The second kappa shape index (κ2) is 6.98. The zero-order valence-electron chi connectivity index (χ0n) is 17.3. The third-order valence-corrected chi connectivity index (χ3v) is 6.28. The lowest BCUT2D eigenvalue weighted by atomic mass is 10.1. The molecule has 1 unspecified atom stereocenters. The molecule has 0 saturated heterocycles. The average molecular weight is 448 g/mol. The zero-order chi connectivity index (χ0) is 21.9. The number of thiol groups is 1. The van der Waals surface area contributed by atoms with Crippen molar-refractivity contribution in [3.8, 4) is 0 Å². The Balaban J connectivity index is 1.43. The molecule has 6 aromatic rings. The van der Waals surface area contributed by atoms with Crippen LogP contribution in [0.25, 0.3) is 43.9 Å². The quantitative estimate of drug-likeness (QED) is 0.298. The first-order valence-corrected chi connectivity index (χ1v) is 11.2. The van der Waals surface area contributed by atoms with Gasteiger partial charge in [0.25, 0.3) is 0 Å². The third kappa shape index (κ3) is 2.81. The standard InChI is InChI=1S/C27H17N3O2S/c33-27-29-25(19-11-5-9-17-15-7-1-3-13-21(15)31-23(17)19)28-26(30-27)20-12-6-10-18-16-8-2-4-14-22(16)32-24(18)20/h1-14,27,33H,(H,28,29,30). The molecule has 1 aliphatic rings. The largest absolute Gasteiger partial charge is 0.455 e. The normalized spacial score (nSPS) is 16.3. The molecule has 0 fully saturated rings. The number of amidine groups is 2. The highest BCUT2D eigenvalue weighted by molar-refractivity contribution is 7.80. The van der Waals surface area contributed by atoms with Crippen LogP contribution in [0.5, 0.6) is 0 Å². The highest BCUT2D eigenvalue weighted by atomic mass is 32.1. The van der Waals surface area contributed by atoms with Crippen LogP contribution in [0.2, 0.25) is 0 Å². The number of nitrogens with one attached hydrogen (secondary N) is 1. The van der Waals surface area contributed by atoms with Gasteiger partial charge in [-0.3, -0.25) is 0 Å². The van der Waals surface area contributed by atoms with Crippen molar-refractivity contribution in [2.75, 3.05) is 0 Å². The molecule has 0 radical (unpaired) electrons. The van der Waals surface area contributed by atoms with E-state index in [1.165, 1.54) is 0 Å². The Labute approximate surface area is 193 Å². The number of rotatable bonds is 2. The van der Waals surface area contributed by atoms with Crippen LogP contribution >= 0.6 is 12.6 Å². The lowest BCUT2D eigenvalue weighted by Gasteiger charge is -2.19. The summed E-state index contributed by atoms with van der Waals surface area (Å²) in [6.45, 7) is 0. The summed E-state index contributed by atoms with van der Waals surface area (Å²) in [5.41, 5.74) is 4.49. The summed E-state index contributed by atoms with van der Waals surface area (Å²) in [6, 6.07) is 28.2. The fourth-order valence-corrected chi connectivity index (χ4v) is 4.79. The van der Waals surface area contributed by atoms with Crippen molar-refractivity contribution in [1.29, 1.82) is 0 Å². The summed E-state index contributed by atoms with van der Waals surface area (Å²) < 4.78 is 12.4. The van der Waals surface area contributed by atoms with Gasteiger partial charge in [-0.1, -0.05) is 60.7 Å². The van der Waals surface area contributed by atoms with E-state index in [-0.39, 0.29) is 0 Å². The van der Waals surface area contributed by atoms with E-state index in [0.717, 1.165) is 55.0 Å². The minimum absolute atomic E-state index is 0.452. The molecule has 3 heterocycles. The predicted octanol–water partition coefficient (Wildman–Crippen LogP) is 6.50. The molecule has 0 bridgehead atoms. The predicted molar refractivity (Wildman–Crippen MR) is 136 cm³/mol. The van der Waals surface area contributed by atoms with Gasteiger partial charge in [-0.25, -0.2) is 9.98 Å². The third-order valence-electron chi connectivity index (χ3n) is 6.03. The van der Waals surface area contributed by atoms with Gasteiger partial charge in [0.2, 0.25) is 0 Å². The monoisotopic (exact) mass is 447 g/mol. The average Bonchev–Trinajstić information content (AvgIpc) is 3.42. The molecule has 0 spiro atoms. The molecule has 0 amide bonds. The maximum Gasteiger partial charge on any atom is 0.167 e. The van der Waals surface area contributed by atoms with Crippen LogP contribution in [0.3, 0.4) is 0 Å². The van der Waals surface area contributed by atoms with Crippen LogP contribution in [-0.2, 0) is 0 Å². The van der Waals surface area contributed by atoms with Crippen LogP contribution in [0.4, 0.5) is 0 Å². The van der Waals surface area contributed by atoms with Crippen molar-refractivity contribution < 1.29 is 8.83 Å². The van der Waals surface area contributed by atoms with E-state index >= 15 is 0 Å². The van der Waals surface area contributed by atoms with Gasteiger partial charge in [-0.05, 0) is 24.3 Å². The number of benzene rings is 4. The van der Waals surface area contributed by atoms with Crippen molar-refractivity contribution >= 4 is 68.2 Å². The Hall–Kier alpha value is -4.03. The Morgan fingerprint density at radius 3 is 1.85 bits per heavy atom. The molecule has 5 nitrogen and oxygen atoms in total. The SMILES string of the molecule is SC1N=C(c2cccc3c2oc2ccccc23)N=C(c2cccc3c2oc2ccccc23)N1. The minimum atomic E-state index is -0.452. The van der Waals surface area contributed by atoms with E-state index in [2.05, 4.69) is 47.2 Å². The first-order valence-electron chi connectivity index (χ1n) is 10.7. The summed E-state index contributed by atoms with van der Waals surface area (Å²) in [5, 5.41) is 7.52. The number of fused-ring (bicyclic) bond motifs is 6. The van der Waals surface area contributed by atoms with Gasteiger partial charge < -0.3 is 14.2 Å². The minimum Gasteiger partial charge on any atom is -0.455 e. The van der Waals surface area contributed by atoms with Gasteiger partial charge in [0.1, 0.15) is 28.2 Å². The first kappa shape index (κ1) is 18.5. The van der Waals surface area contributed by atoms with Crippen molar-refractivity contribution in [2.24, 2.45) is 9.98 Å². The molecule has 158 valence electrons. The van der Waals surface area contributed by atoms with Crippen LogP contribution in [0.15, 0.2) is 104 Å². The Morgan fingerprint density at radius 1 is 0.636 bits per heavy atom. The molecular formula is C27H17N3O2S. The Morgan fingerprint density at radius 2 is 1.18 bits per heavy atom. The van der Waals surface area contributed by atoms with Crippen LogP contribution < -0.4 is 5.32 Å². The second-order valence-corrected chi connectivity index (χ2v) is 8.48. The molecule has 4 aromatic carbocycles. The summed E-state index contributed by atoms with van der Waals surface area (Å²) in [5.74, 6) is 1.24. The van der Waals surface area contributed by atoms with Gasteiger partial charge in [0, 0.05) is 21.5 Å². The molecule has 6 heteroatoms. The van der Waals surface area contributed by atoms with Crippen molar-refractivity contribution in [3.63, 3.8) is 0 Å². The Bertz CT molecular complexity index is 1780. The van der Waals surface area contributed by atoms with Crippen molar-refractivity contribution in [2.45, 2.75) is 5.50 Å². The van der Waals surface area contributed by atoms with E-state index in [9.17, 15) is 0 Å². The maximum atomic E-state index is 6.22. The molecule has 1 N–H and O–H groups in total. The first-order chi connectivity index (χ1) is 16.3. The number of nitrogens with zero attached hydrogens (tertiary/aromatic N) is 2. The van der Waals surface area contributed by atoms with Crippen LogP contribution in [0, 0.1) is 0 Å². The summed E-state index contributed by atoms with van der Waals surface area (Å²) >= 11 is 4.63. The number of hydrogen-bond acceptors (Lipinski definition) is 6. The smallest absolute Gasteiger partial charge is 0.167 e. The summed E-state index contributed by atoms with van der Waals surface area (Å²) in [6.07, 6.45) is 0. The highest BCUT2D eigenvalue weighted by Crippen LogP contribution is 2.33. The fourth-order valence-electron chi connectivity index (χ4n) is 4.56. The van der Waals surface area contributed by atoms with Crippen molar-refractivity contribution in [1.82, 2.24) is 5.32 Å².